The Morgan fingerprint density at radius 1 is 1.29 bits per heavy atom. The summed E-state index contributed by atoms with van der Waals surface area (Å²) in [5, 5.41) is 9.88. The highest BCUT2D eigenvalue weighted by molar-refractivity contribution is 6.00. The Morgan fingerprint density at radius 3 is 2.36 bits per heavy atom. The van der Waals surface area contributed by atoms with Gasteiger partial charge in [-0.1, -0.05) is 0 Å². The third-order valence-electron chi connectivity index (χ3n) is 2.18. The molecule has 1 saturated heterocycles. The molecule has 1 N–H and O–H groups in total. The van der Waals surface area contributed by atoms with Crippen LogP contribution in [0.3, 0.4) is 0 Å². The van der Waals surface area contributed by atoms with E-state index >= 15 is 0 Å². The molecule has 0 aromatic heterocycles. The van der Waals surface area contributed by atoms with Gasteiger partial charge in [0.1, 0.15) is 0 Å². The number of aliphatic carboxylic acids is 1. The van der Waals surface area contributed by atoms with Gasteiger partial charge in [-0.05, 0) is 20.3 Å². The van der Waals surface area contributed by atoms with Gasteiger partial charge >= 0.3 is 5.97 Å². The summed E-state index contributed by atoms with van der Waals surface area (Å²) >= 11 is 0. The highest BCUT2D eigenvalue weighted by Crippen LogP contribution is 2.12. The minimum atomic E-state index is -1.07. The molecule has 1 rings (SSSR count). The maximum Gasteiger partial charge on any atom is 0.331 e. The topological polar surface area (TPSA) is 66.8 Å². The molecule has 1 aliphatic rings. The Hall–Kier alpha value is -1.36. The molecule has 0 atom stereocenters. The molecule has 5 nitrogen and oxygen atoms in total. The van der Waals surface area contributed by atoms with Crippen LogP contribution in [-0.4, -0.2) is 35.2 Å². The molecule has 0 aromatic carbocycles. The van der Waals surface area contributed by atoms with Gasteiger partial charge in [-0.3, -0.25) is 9.63 Å². The van der Waals surface area contributed by atoms with E-state index in [4.69, 9.17) is 9.94 Å². The average molecular weight is 199 g/mol. The van der Waals surface area contributed by atoms with Gasteiger partial charge in [0.15, 0.2) is 0 Å². The lowest BCUT2D eigenvalue weighted by molar-refractivity contribution is -0.164. The highest BCUT2D eigenvalue weighted by atomic mass is 16.7. The van der Waals surface area contributed by atoms with Crippen molar-refractivity contribution in [3.63, 3.8) is 0 Å². The van der Waals surface area contributed by atoms with Crippen molar-refractivity contribution >= 4 is 11.9 Å². The second-order valence-corrected chi connectivity index (χ2v) is 3.15. The molecule has 1 amide bonds. The highest BCUT2D eigenvalue weighted by Gasteiger charge is 2.23. The van der Waals surface area contributed by atoms with E-state index in [1.165, 1.54) is 18.9 Å². The first-order valence-corrected chi connectivity index (χ1v) is 4.39. The molecular formula is C9H13NO4. The molecule has 78 valence electrons. The van der Waals surface area contributed by atoms with Gasteiger partial charge in [0.05, 0.1) is 13.2 Å². The van der Waals surface area contributed by atoms with E-state index in [9.17, 15) is 9.59 Å². The van der Waals surface area contributed by atoms with E-state index in [1.54, 1.807) is 0 Å². The van der Waals surface area contributed by atoms with Crippen LogP contribution < -0.4 is 0 Å². The first-order valence-electron chi connectivity index (χ1n) is 4.39. The Labute approximate surface area is 81.9 Å². The van der Waals surface area contributed by atoms with Gasteiger partial charge in [0.2, 0.25) is 0 Å². The third kappa shape index (κ3) is 2.11. The van der Waals surface area contributed by atoms with Crippen molar-refractivity contribution in [1.29, 1.82) is 0 Å². The van der Waals surface area contributed by atoms with E-state index < -0.39 is 5.97 Å². The number of carbonyl (C=O) groups is 2. The summed E-state index contributed by atoms with van der Waals surface area (Å²) < 4.78 is 0. The van der Waals surface area contributed by atoms with Crippen LogP contribution in [0.1, 0.15) is 20.3 Å². The predicted octanol–water partition coefficient (Wildman–Crippen LogP) is 0.571. The summed E-state index contributed by atoms with van der Waals surface area (Å²) in [7, 11) is 0. The fourth-order valence-corrected chi connectivity index (χ4v) is 1.12. The number of hydrogen-bond acceptors (Lipinski definition) is 3. The molecule has 0 radical (unpaired) electrons. The lowest BCUT2D eigenvalue weighted by Gasteiger charge is -2.14. The molecule has 5 heteroatoms. The van der Waals surface area contributed by atoms with E-state index in [0.717, 1.165) is 6.42 Å². The summed E-state index contributed by atoms with van der Waals surface area (Å²) in [4.78, 5) is 27.2. The molecule has 1 heterocycles. The smallest absolute Gasteiger partial charge is 0.331 e. The molecule has 0 aliphatic carbocycles. The third-order valence-corrected chi connectivity index (χ3v) is 2.18. The lowest BCUT2D eigenvalue weighted by Crippen LogP contribution is -2.28. The quantitative estimate of drug-likeness (QED) is 0.660. The molecule has 1 aliphatic heterocycles. The number of hydroxylamine groups is 2. The Bertz CT molecular complexity index is 289. The summed E-state index contributed by atoms with van der Waals surface area (Å²) in [6.07, 6.45) is 0.797. The number of carbonyl (C=O) groups excluding carboxylic acids is 1. The van der Waals surface area contributed by atoms with Crippen molar-refractivity contribution in [2.45, 2.75) is 20.3 Å². The Balaban J connectivity index is 2.77. The molecule has 14 heavy (non-hydrogen) atoms. The first-order chi connectivity index (χ1) is 6.54. The Morgan fingerprint density at radius 2 is 1.93 bits per heavy atom. The maximum absolute atomic E-state index is 11.6. The SMILES string of the molecule is C/C(C(=O)O)=C(\C)C(=O)N1CCCO1. The summed E-state index contributed by atoms with van der Waals surface area (Å²) in [5.74, 6) is -1.43. The average Bonchev–Trinajstić information content (AvgIpc) is 2.67. The minimum absolute atomic E-state index is 0.0606. The van der Waals surface area contributed by atoms with Crippen LogP contribution in [0.4, 0.5) is 0 Å². The molecule has 0 spiro atoms. The van der Waals surface area contributed by atoms with Crippen molar-refractivity contribution in [3.05, 3.63) is 11.1 Å². The first kappa shape index (κ1) is 10.7. The minimum Gasteiger partial charge on any atom is -0.478 e. The van der Waals surface area contributed by atoms with Crippen LogP contribution in [0.25, 0.3) is 0 Å². The largest absolute Gasteiger partial charge is 0.478 e. The van der Waals surface area contributed by atoms with Gasteiger partial charge in [0.25, 0.3) is 5.91 Å². The molecule has 1 fully saturated rings. The van der Waals surface area contributed by atoms with Crippen molar-refractivity contribution in [3.8, 4) is 0 Å². The Kier molecular flexibility index (Phi) is 3.24. The van der Waals surface area contributed by atoms with Crippen molar-refractivity contribution in [1.82, 2.24) is 5.06 Å². The van der Waals surface area contributed by atoms with Crippen LogP contribution in [0.15, 0.2) is 11.1 Å². The zero-order valence-electron chi connectivity index (χ0n) is 8.24. The van der Waals surface area contributed by atoms with E-state index in [0.29, 0.717) is 13.2 Å². The number of hydrogen-bond donors (Lipinski definition) is 1. The van der Waals surface area contributed by atoms with Gasteiger partial charge in [-0.2, -0.15) is 0 Å². The second-order valence-electron chi connectivity index (χ2n) is 3.15. The number of carboxylic acids is 1. The maximum atomic E-state index is 11.6. The zero-order chi connectivity index (χ0) is 10.7. The van der Waals surface area contributed by atoms with Crippen molar-refractivity contribution in [2.75, 3.05) is 13.2 Å². The van der Waals surface area contributed by atoms with Crippen LogP contribution in [0.5, 0.6) is 0 Å². The van der Waals surface area contributed by atoms with Crippen molar-refractivity contribution in [2.24, 2.45) is 0 Å². The van der Waals surface area contributed by atoms with Gasteiger partial charge in [-0.15, -0.1) is 0 Å². The fourth-order valence-electron chi connectivity index (χ4n) is 1.12. The zero-order valence-corrected chi connectivity index (χ0v) is 8.24. The molecule has 0 unspecified atom stereocenters. The van der Waals surface area contributed by atoms with Crippen LogP contribution in [0.2, 0.25) is 0 Å². The monoisotopic (exact) mass is 199 g/mol. The van der Waals surface area contributed by atoms with Crippen LogP contribution in [0, 0.1) is 0 Å². The summed E-state index contributed by atoms with van der Waals surface area (Å²) in [5.41, 5.74) is 0.282. The van der Waals surface area contributed by atoms with Crippen LogP contribution >= 0.6 is 0 Å². The number of nitrogens with zero attached hydrogens (tertiary/aromatic N) is 1. The van der Waals surface area contributed by atoms with E-state index in [-0.39, 0.29) is 17.1 Å². The number of amides is 1. The van der Waals surface area contributed by atoms with Gasteiger partial charge < -0.3 is 5.11 Å². The molecular weight excluding hydrogens is 186 g/mol. The van der Waals surface area contributed by atoms with Crippen LogP contribution in [-0.2, 0) is 14.4 Å². The number of rotatable bonds is 2. The summed E-state index contributed by atoms with van der Waals surface area (Å²) in [6.45, 7) is 3.95. The van der Waals surface area contributed by atoms with Gasteiger partial charge in [-0.25, -0.2) is 9.86 Å². The summed E-state index contributed by atoms with van der Waals surface area (Å²) in [6, 6.07) is 0. The number of carboxylic acid groups (broad SMARTS) is 1. The predicted molar refractivity (Wildman–Crippen MR) is 48.3 cm³/mol. The lowest BCUT2D eigenvalue weighted by atomic mass is 10.1. The van der Waals surface area contributed by atoms with E-state index in [1.807, 2.05) is 0 Å². The fraction of sp³-hybridized carbons (Fsp3) is 0.556. The van der Waals surface area contributed by atoms with E-state index in [2.05, 4.69) is 0 Å². The standard InChI is InChI=1S/C9H13NO4/c1-6(7(2)9(12)13)8(11)10-4-3-5-14-10/h3-5H2,1-2H3,(H,12,13)/b7-6-. The van der Waals surface area contributed by atoms with Crippen molar-refractivity contribution < 1.29 is 19.5 Å². The molecule has 0 aromatic rings. The second kappa shape index (κ2) is 4.23. The van der Waals surface area contributed by atoms with Gasteiger partial charge in [0, 0.05) is 11.1 Å². The molecule has 0 saturated carbocycles. The molecule has 0 bridgehead atoms. The normalized spacial score (nSPS) is 18.0.